The Morgan fingerprint density at radius 1 is 1.19 bits per heavy atom. The van der Waals surface area contributed by atoms with Crippen molar-refractivity contribution in [1.82, 2.24) is 25.5 Å². The number of nitrogens with zero attached hydrogens (tertiary/aromatic N) is 3. The van der Waals surface area contributed by atoms with E-state index >= 15 is 0 Å². The van der Waals surface area contributed by atoms with Crippen LogP contribution < -0.4 is 10.6 Å². The van der Waals surface area contributed by atoms with Gasteiger partial charge in [-0.15, -0.1) is 11.3 Å². The molecule has 0 bridgehead atoms. The Balaban J connectivity index is 1.09. The Kier molecular flexibility index (Phi) is 6.55. The molecule has 8 nitrogen and oxygen atoms in total. The summed E-state index contributed by atoms with van der Waals surface area (Å²) in [7, 11) is 0. The summed E-state index contributed by atoms with van der Waals surface area (Å²) < 4.78 is 0. The van der Waals surface area contributed by atoms with Gasteiger partial charge in [0.25, 0.3) is 0 Å². The van der Waals surface area contributed by atoms with E-state index in [1.165, 1.54) is 10.4 Å². The zero-order chi connectivity index (χ0) is 25.2. The smallest absolute Gasteiger partial charge is 0.249 e. The second-order valence-electron chi connectivity index (χ2n) is 9.60. The van der Waals surface area contributed by atoms with Gasteiger partial charge in [-0.2, -0.15) is 5.10 Å². The van der Waals surface area contributed by atoms with Crippen LogP contribution in [-0.4, -0.2) is 43.8 Å². The molecule has 9 heteroatoms. The van der Waals surface area contributed by atoms with Crippen LogP contribution >= 0.6 is 11.3 Å². The van der Waals surface area contributed by atoms with Crippen molar-refractivity contribution in [2.24, 2.45) is 5.92 Å². The highest BCUT2D eigenvalue weighted by molar-refractivity contribution is 7.19. The maximum absolute atomic E-state index is 12.4. The maximum atomic E-state index is 12.4. The molecule has 3 aromatic heterocycles. The van der Waals surface area contributed by atoms with Gasteiger partial charge in [0.1, 0.15) is 23.1 Å². The van der Waals surface area contributed by atoms with Crippen LogP contribution in [-0.2, 0) is 24.1 Å². The first-order valence-corrected chi connectivity index (χ1v) is 13.4. The van der Waals surface area contributed by atoms with Crippen molar-refractivity contribution in [3.8, 4) is 0 Å². The van der Waals surface area contributed by atoms with E-state index in [0.29, 0.717) is 18.9 Å². The normalized spacial score (nSPS) is 16.0. The highest BCUT2D eigenvalue weighted by Crippen LogP contribution is 2.41. The van der Waals surface area contributed by atoms with Crippen molar-refractivity contribution in [1.29, 1.82) is 0 Å². The molecule has 188 valence electrons. The minimum Gasteiger partial charge on any atom is -0.383 e. The Hall–Kier alpha value is -3.82. The van der Waals surface area contributed by atoms with E-state index in [1.54, 1.807) is 17.7 Å². The van der Waals surface area contributed by atoms with Gasteiger partial charge in [0.15, 0.2) is 0 Å². The predicted molar refractivity (Wildman–Crippen MR) is 146 cm³/mol. The maximum Gasteiger partial charge on any atom is 0.249 e. The third-order valence-corrected chi connectivity index (χ3v) is 8.24. The number of carbonyl (C=O) groups is 1. The van der Waals surface area contributed by atoms with Crippen molar-refractivity contribution in [3.63, 3.8) is 0 Å². The minimum absolute atomic E-state index is 0.304. The summed E-state index contributed by atoms with van der Waals surface area (Å²) >= 11 is 1.74. The van der Waals surface area contributed by atoms with Crippen LogP contribution in [0, 0.1) is 5.92 Å². The Morgan fingerprint density at radius 2 is 2.08 bits per heavy atom. The van der Waals surface area contributed by atoms with Gasteiger partial charge in [-0.05, 0) is 60.9 Å². The largest absolute Gasteiger partial charge is 0.383 e. The molecule has 0 spiro atoms. The molecule has 1 unspecified atom stereocenters. The lowest BCUT2D eigenvalue weighted by Gasteiger charge is -2.23. The number of hydrogen-bond donors (Lipinski definition) is 4. The molecule has 0 aliphatic heterocycles. The Labute approximate surface area is 218 Å². The average Bonchev–Trinajstić information content (AvgIpc) is 3.53. The lowest BCUT2D eigenvalue weighted by molar-refractivity contribution is -0.129. The molecule has 0 saturated heterocycles. The van der Waals surface area contributed by atoms with Gasteiger partial charge in [-0.3, -0.25) is 9.89 Å². The quantitative estimate of drug-likeness (QED) is 0.243. The second-order valence-corrected chi connectivity index (χ2v) is 10.7. The fraction of sp³-hybridized carbons (Fsp3) is 0.286. The number of rotatable bonds is 8. The number of hydrogen-bond acceptors (Lipinski definition) is 7. The standard InChI is InChI=1S/C28H28N6O2S/c35-23(12-17-4-2-1-3-5-17)27(36)29-11-10-18-6-8-21-24(13-18)37-28-25(21)26(30-16-31-28)33-20-7-9-22-19(14-20)15-32-34-22/h1-5,7,9,14-16,18,23,35H,6,8,10-13H2,(H,29,36)(H,32,34)(H,30,31,33)/t18?,23-/m0/s1. The van der Waals surface area contributed by atoms with E-state index in [4.69, 9.17) is 0 Å². The number of aromatic nitrogens is 4. The summed E-state index contributed by atoms with van der Waals surface area (Å²) in [4.78, 5) is 23.9. The molecule has 6 rings (SSSR count). The molecule has 2 aromatic carbocycles. The summed E-state index contributed by atoms with van der Waals surface area (Å²) in [6.07, 6.45) is 6.62. The van der Waals surface area contributed by atoms with E-state index < -0.39 is 6.10 Å². The lowest BCUT2D eigenvalue weighted by Crippen LogP contribution is -2.37. The van der Waals surface area contributed by atoms with Crippen molar-refractivity contribution in [3.05, 3.63) is 77.1 Å². The summed E-state index contributed by atoms with van der Waals surface area (Å²) in [5, 5.41) is 25.9. The number of fused-ring (bicyclic) bond motifs is 4. The molecule has 1 aliphatic carbocycles. The number of H-pyrrole nitrogens is 1. The van der Waals surface area contributed by atoms with Gasteiger partial charge in [0.2, 0.25) is 5.91 Å². The number of carbonyl (C=O) groups excluding carboxylic acids is 1. The first kappa shape index (κ1) is 23.6. The number of anilines is 2. The third-order valence-electron chi connectivity index (χ3n) is 7.08. The van der Waals surface area contributed by atoms with E-state index in [-0.39, 0.29) is 5.91 Å². The summed E-state index contributed by atoms with van der Waals surface area (Å²) in [6.45, 7) is 0.568. The van der Waals surface area contributed by atoms with E-state index in [1.807, 2.05) is 48.7 Å². The summed E-state index contributed by atoms with van der Waals surface area (Å²) in [5.41, 5.74) is 4.26. The van der Waals surface area contributed by atoms with Gasteiger partial charge in [-0.25, -0.2) is 9.97 Å². The van der Waals surface area contributed by atoms with Crippen molar-refractivity contribution < 1.29 is 9.90 Å². The molecule has 0 saturated carbocycles. The van der Waals surface area contributed by atoms with Crippen molar-refractivity contribution in [2.75, 3.05) is 11.9 Å². The second kappa shape index (κ2) is 10.3. The highest BCUT2D eigenvalue weighted by Gasteiger charge is 2.25. The molecule has 0 radical (unpaired) electrons. The number of amides is 1. The van der Waals surface area contributed by atoms with Gasteiger partial charge >= 0.3 is 0 Å². The summed E-state index contributed by atoms with van der Waals surface area (Å²) in [6, 6.07) is 15.7. The molecule has 5 aromatic rings. The average molecular weight is 513 g/mol. The van der Waals surface area contributed by atoms with Gasteiger partial charge in [0.05, 0.1) is 17.1 Å². The molecule has 1 aliphatic rings. The van der Waals surface area contributed by atoms with Crippen LogP contribution in [0.2, 0.25) is 0 Å². The molecular weight excluding hydrogens is 484 g/mol. The number of aliphatic hydroxyl groups excluding tert-OH is 1. The van der Waals surface area contributed by atoms with Crippen LogP contribution in [0.3, 0.4) is 0 Å². The molecule has 2 atom stereocenters. The number of benzene rings is 2. The van der Waals surface area contributed by atoms with E-state index in [0.717, 1.165) is 63.9 Å². The highest BCUT2D eigenvalue weighted by atomic mass is 32.1. The fourth-order valence-corrected chi connectivity index (χ4v) is 6.43. The van der Waals surface area contributed by atoms with Crippen LogP contribution in [0.1, 0.15) is 28.8 Å². The SMILES string of the molecule is O=C(NCCC1CCc2c(sc3ncnc(Nc4ccc5[nH]ncc5c4)c23)C1)[C@@H](O)Cc1ccccc1. The number of thiophene rings is 1. The lowest BCUT2D eigenvalue weighted by atomic mass is 9.86. The van der Waals surface area contributed by atoms with Gasteiger partial charge in [0, 0.05) is 28.9 Å². The first-order chi connectivity index (χ1) is 18.1. The number of aliphatic hydroxyl groups is 1. The Morgan fingerprint density at radius 3 is 2.97 bits per heavy atom. The van der Waals surface area contributed by atoms with Gasteiger partial charge < -0.3 is 15.7 Å². The van der Waals surface area contributed by atoms with Crippen LogP contribution in [0.5, 0.6) is 0 Å². The molecule has 3 heterocycles. The van der Waals surface area contributed by atoms with Crippen LogP contribution in [0.15, 0.2) is 61.1 Å². The van der Waals surface area contributed by atoms with Crippen LogP contribution in [0.25, 0.3) is 21.1 Å². The first-order valence-electron chi connectivity index (χ1n) is 12.6. The molecule has 1 amide bonds. The zero-order valence-electron chi connectivity index (χ0n) is 20.3. The predicted octanol–water partition coefficient (Wildman–Crippen LogP) is 4.53. The van der Waals surface area contributed by atoms with Crippen molar-refractivity contribution >= 4 is 49.9 Å². The van der Waals surface area contributed by atoms with Gasteiger partial charge in [-0.1, -0.05) is 30.3 Å². The fourth-order valence-electron chi connectivity index (χ4n) is 5.12. The molecule has 37 heavy (non-hydrogen) atoms. The van der Waals surface area contributed by atoms with Crippen molar-refractivity contribution in [2.45, 2.75) is 38.2 Å². The number of aromatic amines is 1. The van der Waals surface area contributed by atoms with E-state index in [9.17, 15) is 9.90 Å². The van der Waals surface area contributed by atoms with Crippen LogP contribution in [0.4, 0.5) is 11.5 Å². The topological polar surface area (TPSA) is 116 Å². The summed E-state index contributed by atoms with van der Waals surface area (Å²) in [5.74, 6) is 1.02. The Bertz CT molecular complexity index is 1550. The number of aryl methyl sites for hydroxylation is 1. The zero-order valence-corrected chi connectivity index (χ0v) is 21.1. The van der Waals surface area contributed by atoms with E-state index in [2.05, 4.69) is 36.9 Å². The minimum atomic E-state index is -1.03. The molecule has 0 fully saturated rings. The monoisotopic (exact) mass is 512 g/mol. The number of nitrogens with one attached hydrogen (secondary N) is 3. The third kappa shape index (κ3) is 5.05. The molecular formula is C28H28N6O2S. The molecule has 4 N–H and O–H groups in total.